The van der Waals surface area contributed by atoms with E-state index in [1.165, 1.54) is 24.8 Å². The van der Waals surface area contributed by atoms with E-state index in [-0.39, 0.29) is 29.5 Å². The average molecular weight is 502 g/mol. The number of amides is 1. The molecule has 0 spiro atoms. The molecule has 1 amide bonds. The van der Waals surface area contributed by atoms with Gasteiger partial charge in [0.2, 0.25) is 5.91 Å². The molecular weight excluding hydrogens is 462 g/mol. The molecule has 1 unspecified atom stereocenters. The number of carbonyl (C=O) groups is 1. The van der Waals surface area contributed by atoms with Gasteiger partial charge in [-0.05, 0) is 74.7 Å². The molecule has 37 heavy (non-hydrogen) atoms. The first-order valence-electron chi connectivity index (χ1n) is 13.8. The molecule has 1 aliphatic heterocycles. The van der Waals surface area contributed by atoms with Crippen molar-refractivity contribution in [2.45, 2.75) is 63.6 Å². The fourth-order valence-corrected chi connectivity index (χ4v) is 6.17. The Hall–Kier alpha value is -2.96. The Morgan fingerprint density at radius 2 is 1.65 bits per heavy atom. The van der Waals surface area contributed by atoms with E-state index in [0.29, 0.717) is 44.3 Å². The van der Waals surface area contributed by atoms with Crippen LogP contribution in [0.4, 0.5) is 0 Å². The Labute approximate surface area is 219 Å². The lowest BCUT2D eigenvalue weighted by Gasteiger charge is -2.39. The molecule has 1 saturated carbocycles. The molecule has 2 heterocycles. The summed E-state index contributed by atoms with van der Waals surface area (Å²) in [6, 6.07) is 20.4. The first-order chi connectivity index (χ1) is 18.0. The van der Waals surface area contributed by atoms with Crippen molar-refractivity contribution in [1.29, 1.82) is 0 Å². The lowest BCUT2D eigenvalue weighted by molar-refractivity contribution is -0.139. The minimum absolute atomic E-state index is 0.0511. The number of hydrogen-bond acceptors (Lipinski definition) is 4. The fourth-order valence-electron chi connectivity index (χ4n) is 6.17. The molecule has 1 aromatic heterocycles. The van der Waals surface area contributed by atoms with Crippen LogP contribution in [0.2, 0.25) is 0 Å². The summed E-state index contributed by atoms with van der Waals surface area (Å²) in [5, 5.41) is 11.0. The van der Waals surface area contributed by atoms with Crippen molar-refractivity contribution < 1.29 is 9.90 Å². The zero-order valence-corrected chi connectivity index (χ0v) is 21.9. The Morgan fingerprint density at radius 1 is 0.973 bits per heavy atom. The number of aliphatic hydroxyl groups is 1. The summed E-state index contributed by atoms with van der Waals surface area (Å²) in [4.78, 5) is 31.9. The van der Waals surface area contributed by atoms with Gasteiger partial charge in [0.25, 0.3) is 5.56 Å². The zero-order chi connectivity index (χ0) is 25.8. The third-order valence-corrected chi connectivity index (χ3v) is 8.34. The third kappa shape index (κ3) is 5.81. The predicted molar refractivity (Wildman–Crippen MR) is 147 cm³/mol. The quantitative estimate of drug-likeness (QED) is 0.512. The molecule has 6 heteroatoms. The Balaban J connectivity index is 1.50. The highest BCUT2D eigenvalue weighted by Crippen LogP contribution is 2.30. The first-order valence-corrected chi connectivity index (χ1v) is 13.8. The molecule has 5 rings (SSSR count). The summed E-state index contributed by atoms with van der Waals surface area (Å²) >= 11 is 0. The van der Waals surface area contributed by atoms with E-state index in [1.807, 2.05) is 48.3 Å². The molecule has 1 atom stereocenters. The van der Waals surface area contributed by atoms with Gasteiger partial charge in [-0.1, -0.05) is 55.0 Å². The summed E-state index contributed by atoms with van der Waals surface area (Å²) in [6.07, 6.45) is 6.00. The van der Waals surface area contributed by atoms with Gasteiger partial charge >= 0.3 is 0 Å². The fraction of sp³-hybridized carbons (Fsp3) is 0.484. The van der Waals surface area contributed by atoms with Crippen LogP contribution in [0.5, 0.6) is 0 Å². The number of aromatic nitrogens is 1. The number of para-hydroxylation sites is 1. The molecule has 2 aliphatic rings. The molecule has 6 nitrogen and oxygen atoms in total. The van der Waals surface area contributed by atoms with Gasteiger partial charge in [0.05, 0.1) is 24.2 Å². The number of piperidine rings is 1. The maximum atomic E-state index is 14.0. The highest BCUT2D eigenvalue weighted by molar-refractivity contribution is 5.81. The number of carbonyl (C=O) groups excluding carboxylic acids is 1. The summed E-state index contributed by atoms with van der Waals surface area (Å²) in [5.41, 5.74) is 2.71. The number of fused-ring (bicyclic) bond motifs is 1. The van der Waals surface area contributed by atoms with E-state index >= 15 is 0 Å². The highest BCUT2D eigenvalue weighted by atomic mass is 16.3. The van der Waals surface area contributed by atoms with Crippen LogP contribution >= 0.6 is 0 Å². The van der Waals surface area contributed by atoms with Crippen LogP contribution in [0.1, 0.15) is 62.1 Å². The molecule has 3 aromatic rings. The Morgan fingerprint density at radius 3 is 2.38 bits per heavy atom. The summed E-state index contributed by atoms with van der Waals surface area (Å²) < 4.78 is 1.70. The topological polar surface area (TPSA) is 65.8 Å². The summed E-state index contributed by atoms with van der Waals surface area (Å²) in [5.74, 6) is 0.00513. The van der Waals surface area contributed by atoms with Crippen LogP contribution in [0.15, 0.2) is 65.5 Å². The Kier molecular flexibility index (Phi) is 8.06. The molecule has 1 N–H and O–H groups in total. The van der Waals surface area contributed by atoms with Crippen LogP contribution in [-0.4, -0.2) is 51.1 Å². The number of hydrogen-bond donors (Lipinski definition) is 1. The van der Waals surface area contributed by atoms with Crippen LogP contribution in [0, 0.1) is 5.92 Å². The maximum Gasteiger partial charge on any atom is 0.255 e. The summed E-state index contributed by atoms with van der Waals surface area (Å²) in [7, 11) is 1.81. The van der Waals surface area contributed by atoms with Gasteiger partial charge in [0, 0.05) is 25.1 Å². The zero-order valence-electron chi connectivity index (χ0n) is 21.9. The van der Waals surface area contributed by atoms with Crippen molar-refractivity contribution in [2.75, 3.05) is 19.6 Å². The van der Waals surface area contributed by atoms with Crippen molar-refractivity contribution in [3.05, 3.63) is 82.1 Å². The monoisotopic (exact) mass is 501 g/mol. The Bertz CT molecular complexity index is 1260. The minimum Gasteiger partial charge on any atom is -0.393 e. The molecular formula is C31H39N3O3. The van der Waals surface area contributed by atoms with Crippen molar-refractivity contribution in [2.24, 2.45) is 13.0 Å². The van der Waals surface area contributed by atoms with Crippen LogP contribution in [0.25, 0.3) is 10.9 Å². The molecule has 196 valence electrons. The van der Waals surface area contributed by atoms with Gasteiger partial charge in [-0.3, -0.25) is 14.5 Å². The molecule has 2 aromatic carbocycles. The second-order valence-corrected chi connectivity index (χ2v) is 10.8. The van der Waals surface area contributed by atoms with Gasteiger partial charge < -0.3 is 14.6 Å². The second kappa shape index (κ2) is 11.6. The standard InChI is InChI=1S/C31H39N3O3/c1-32-28-13-7-6-12-25(28)20-26(30(32)36)21-34(31(37)24-14-16-27(35)17-15-24)22-29(23-10-4-2-5-11-23)33-18-8-3-9-19-33/h2,4-7,10-13,20,24,27,29,35H,3,8-9,14-19,21-22H2,1H3/t24-,27+,29?. The lowest BCUT2D eigenvalue weighted by Crippen LogP contribution is -2.45. The molecule has 1 saturated heterocycles. The van der Waals surface area contributed by atoms with Crippen molar-refractivity contribution in [3.63, 3.8) is 0 Å². The van der Waals surface area contributed by atoms with E-state index in [1.54, 1.807) is 4.57 Å². The van der Waals surface area contributed by atoms with Gasteiger partial charge in [-0.15, -0.1) is 0 Å². The van der Waals surface area contributed by atoms with Gasteiger partial charge in [0.15, 0.2) is 0 Å². The van der Waals surface area contributed by atoms with Crippen LogP contribution < -0.4 is 5.56 Å². The van der Waals surface area contributed by atoms with Crippen LogP contribution in [-0.2, 0) is 18.4 Å². The first kappa shape index (κ1) is 25.7. The maximum absolute atomic E-state index is 14.0. The molecule has 2 fully saturated rings. The number of pyridine rings is 1. The SMILES string of the molecule is Cn1c(=O)c(CN(CC(c2ccccc2)N2CCCCC2)C(=O)[C@H]2CC[C@@H](O)CC2)cc2ccccc21. The number of aliphatic hydroxyl groups excluding tert-OH is 1. The minimum atomic E-state index is -0.310. The highest BCUT2D eigenvalue weighted by Gasteiger charge is 2.32. The van der Waals surface area contributed by atoms with E-state index in [9.17, 15) is 14.7 Å². The number of nitrogens with zero attached hydrogens (tertiary/aromatic N) is 3. The van der Waals surface area contributed by atoms with Gasteiger partial charge in [-0.2, -0.15) is 0 Å². The number of rotatable bonds is 7. The van der Waals surface area contributed by atoms with E-state index in [4.69, 9.17) is 0 Å². The number of benzene rings is 2. The van der Waals surface area contributed by atoms with Gasteiger partial charge in [0.1, 0.15) is 0 Å². The lowest BCUT2D eigenvalue weighted by atomic mass is 9.86. The van der Waals surface area contributed by atoms with Crippen molar-refractivity contribution in [1.82, 2.24) is 14.4 Å². The number of aryl methyl sites for hydroxylation is 1. The number of likely N-dealkylation sites (tertiary alicyclic amines) is 1. The van der Waals surface area contributed by atoms with E-state index < -0.39 is 0 Å². The van der Waals surface area contributed by atoms with Crippen molar-refractivity contribution in [3.8, 4) is 0 Å². The van der Waals surface area contributed by atoms with Crippen molar-refractivity contribution >= 4 is 16.8 Å². The van der Waals surface area contributed by atoms with E-state index in [2.05, 4.69) is 29.2 Å². The molecule has 0 radical (unpaired) electrons. The second-order valence-electron chi connectivity index (χ2n) is 10.8. The predicted octanol–water partition coefficient (Wildman–Crippen LogP) is 4.65. The molecule has 0 bridgehead atoms. The molecule has 1 aliphatic carbocycles. The van der Waals surface area contributed by atoms with E-state index in [0.717, 1.165) is 24.0 Å². The van der Waals surface area contributed by atoms with Gasteiger partial charge in [-0.25, -0.2) is 0 Å². The average Bonchev–Trinajstić information content (AvgIpc) is 2.94. The van der Waals surface area contributed by atoms with Crippen LogP contribution in [0.3, 0.4) is 0 Å². The smallest absolute Gasteiger partial charge is 0.255 e. The normalized spacial score (nSPS) is 21.6. The third-order valence-electron chi connectivity index (χ3n) is 8.34. The largest absolute Gasteiger partial charge is 0.393 e. The summed E-state index contributed by atoms with van der Waals surface area (Å²) in [6.45, 7) is 2.90.